The second-order valence-corrected chi connectivity index (χ2v) is 5.26. The third kappa shape index (κ3) is 4.25. The SMILES string of the molecule is CN(C)C(=O)c1ccc(Oc2ccc(C(F)(F)F)cc2[N+](=O)[O-])cc1. The van der Waals surface area contributed by atoms with E-state index in [9.17, 15) is 28.1 Å². The van der Waals surface area contributed by atoms with Crippen LogP contribution in [0.25, 0.3) is 0 Å². The van der Waals surface area contributed by atoms with E-state index in [2.05, 4.69) is 0 Å². The average Bonchev–Trinajstić information content (AvgIpc) is 2.54. The number of hydrogen-bond acceptors (Lipinski definition) is 4. The normalized spacial score (nSPS) is 11.1. The molecule has 6 nitrogen and oxygen atoms in total. The van der Waals surface area contributed by atoms with Crippen LogP contribution in [0.4, 0.5) is 18.9 Å². The second-order valence-electron chi connectivity index (χ2n) is 5.26. The molecule has 132 valence electrons. The van der Waals surface area contributed by atoms with E-state index in [0.717, 1.165) is 6.07 Å². The molecule has 0 unspecified atom stereocenters. The Labute approximate surface area is 140 Å². The fourth-order valence-electron chi connectivity index (χ4n) is 1.97. The smallest absolute Gasteiger partial charge is 0.416 e. The molecule has 2 aromatic rings. The number of nitrogens with zero attached hydrogens (tertiary/aromatic N) is 2. The summed E-state index contributed by atoms with van der Waals surface area (Å²) in [6, 6.07) is 7.71. The van der Waals surface area contributed by atoms with Crippen LogP contribution in [0.2, 0.25) is 0 Å². The summed E-state index contributed by atoms with van der Waals surface area (Å²) in [4.78, 5) is 23.2. The van der Waals surface area contributed by atoms with Crippen LogP contribution in [0.1, 0.15) is 15.9 Å². The predicted molar refractivity (Wildman–Crippen MR) is 82.6 cm³/mol. The Hall–Kier alpha value is -3.10. The van der Waals surface area contributed by atoms with E-state index < -0.39 is 22.4 Å². The van der Waals surface area contributed by atoms with Gasteiger partial charge in [0.25, 0.3) is 5.91 Å². The molecule has 0 heterocycles. The minimum absolute atomic E-state index is 0.151. The maximum Gasteiger partial charge on any atom is 0.416 e. The van der Waals surface area contributed by atoms with Gasteiger partial charge >= 0.3 is 11.9 Å². The highest BCUT2D eigenvalue weighted by Gasteiger charge is 2.33. The quantitative estimate of drug-likeness (QED) is 0.612. The van der Waals surface area contributed by atoms with E-state index in [1.807, 2.05) is 0 Å². The number of benzene rings is 2. The summed E-state index contributed by atoms with van der Waals surface area (Å²) in [5, 5.41) is 11.0. The van der Waals surface area contributed by atoms with Crippen LogP contribution in [-0.2, 0) is 6.18 Å². The summed E-state index contributed by atoms with van der Waals surface area (Å²) in [7, 11) is 3.16. The van der Waals surface area contributed by atoms with Gasteiger partial charge < -0.3 is 9.64 Å². The first-order valence-corrected chi connectivity index (χ1v) is 6.95. The van der Waals surface area contributed by atoms with E-state index >= 15 is 0 Å². The fraction of sp³-hybridized carbons (Fsp3) is 0.188. The number of amides is 1. The van der Waals surface area contributed by atoms with Gasteiger partial charge in [-0.25, -0.2) is 0 Å². The number of halogens is 3. The van der Waals surface area contributed by atoms with E-state index in [4.69, 9.17) is 4.74 Å². The number of carbonyl (C=O) groups excluding carboxylic acids is 1. The monoisotopic (exact) mass is 354 g/mol. The van der Waals surface area contributed by atoms with Gasteiger partial charge in [-0.15, -0.1) is 0 Å². The molecule has 0 aliphatic carbocycles. The molecule has 0 N–H and O–H groups in total. The van der Waals surface area contributed by atoms with Crippen molar-refractivity contribution in [1.82, 2.24) is 4.90 Å². The zero-order valence-corrected chi connectivity index (χ0v) is 13.2. The molecular weight excluding hydrogens is 341 g/mol. The van der Waals surface area contributed by atoms with Gasteiger partial charge in [0, 0.05) is 25.7 Å². The number of nitro groups is 1. The lowest BCUT2D eigenvalue weighted by Crippen LogP contribution is -2.21. The van der Waals surface area contributed by atoms with Crippen LogP contribution >= 0.6 is 0 Å². The van der Waals surface area contributed by atoms with Crippen molar-refractivity contribution in [2.75, 3.05) is 14.1 Å². The lowest BCUT2D eigenvalue weighted by atomic mass is 10.1. The highest BCUT2D eigenvalue weighted by Crippen LogP contribution is 2.37. The first-order chi connectivity index (χ1) is 11.6. The molecular formula is C16H13F3N2O4. The summed E-state index contributed by atoms with van der Waals surface area (Å²) < 4.78 is 43.3. The second kappa shape index (κ2) is 6.80. The lowest BCUT2D eigenvalue weighted by molar-refractivity contribution is -0.385. The summed E-state index contributed by atoms with van der Waals surface area (Å²) in [5.74, 6) is -0.421. The molecule has 0 aromatic heterocycles. The summed E-state index contributed by atoms with van der Waals surface area (Å²) in [5.41, 5.74) is -1.57. The fourth-order valence-corrected chi connectivity index (χ4v) is 1.97. The van der Waals surface area contributed by atoms with Crippen molar-refractivity contribution in [2.45, 2.75) is 6.18 Å². The number of alkyl halides is 3. The van der Waals surface area contributed by atoms with Gasteiger partial charge in [-0.3, -0.25) is 14.9 Å². The number of rotatable bonds is 4. The van der Waals surface area contributed by atoms with Gasteiger partial charge in [0.15, 0.2) is 0 Å². The molecule has 25 heavy (non-hydrogen) atoms. The highest BCUT2D eigenvalue weighted by atomic mass is 19.4. The van der Waals surface area contributed by atoms with Crippen LogP contribution in [0.3, 0.4) is 0 Å². The van der Waals surface area contributed by atoms with Gasteiger partial charge in [0.1, 0.15) is 5.75 Å². The summed E-state index contributed by atoms with van der Waals surface area (Å²) in [6.45, 7) is 0. The molecule has 0 aliphatic heterocycles. The maximum atomic E-state index is 12.7. The van der Waals surface area contributed by atoms with Gasteiger partial charge in [0.05, 0.1) is 10.5 Å². The molecule has 0 radical (unpaired) electrons. The Morgan fingerprint density at radius 3 is 2.20 bits per heavy atom. The molecule has 2 rings (SSSR count). The van der Waals surface area contributed by atoms with Crippen molar-refractivity contribution < 1.29 is 27.6 Å². The van der Waals surface area contributed by atoms with Crippen molar-refractivity contribution in [3.05, 3.63) is 63.7 Å². The molecule has 0 fully saturated rings. The molecule has 0 bridgehead atoms. The molecule has 1 amide bonds. The third-order valence-electron chi connectivity index (χ3n) is 3.22. The molecule has 0 saturated heterocycles. The minimum atomic E-state index is -4.70. The van der Waals surface area contributed by atoms with Crippen molar-refractivity contribution in [1.29, 1.82) is 0 Å². The van der Waals surface area contributed by atoms with E-state index in [-0.39, 0.29) is 17.4 Å². The van der Waals surface area contributed by atoms with E-state index in [0.29, 0.717) is 17.7 Å². The van der Waals surface area contributed by atoms with Gasteiger partial charge in [0.2, 0.25) is 5.75 Å². The van der Waals surface area contributed by atoms with Crippen LogP contribution in [-0.4, -0.2) is 29.8 Å². The predicted octanol–water partition coefficient (Wildman–Crippen LogP) is 4.11. The van der Waals surface area contributed by atoms with Crippen LogP contribution in [0, 0.1) is 10.1 Å². The van der Waals surface area contributed by atoms with Crippen LogP contribution in [0.5, 0.6) is 11.5 Å². The van der Waals surface area contributed by atoms with Crippen molar-refractivity contribution in [3.63, 3.8) is 0 Å². The summed E-state index contributed by atoms with van der Waals surface area (Å²) >= 11 is 0. The maximum absolute atomic E-state index is 12.7. The molecule has 2 aromatic carbocycles. The zero-order valence-electron chi connectivity index (χ0n) is 13.2. The number of carbonyl (C=O) groups is 1. The Morgan fingerprint density at radius 1 is 1.12 bits per heavy atom. The van der Waals surface area contributed by atoms with Crippen LogP contribution < -0.4 is 4.74 Å². The molecule has 0 aliphatic rings. The van der Waals surface area contributed by atoms with E-state index in [1.165, 1.54) is 29.2 Å². The Morgan fingerprint density at radius 2 is 1.72 bits per heavy atom. The lowest BCUT2D eigenvalue weighted by Gasteiger charge is -2.12. The largest absolute Gasteiger partial charge is 0.450 e. The number of nitro benzene ring substituents is 1. The van der Waals surface area contributed by atoms with Gasteiger partial charge in [-0.1, -0.05) is 0 Å². The number of ether oxygens (including phenoxy) is 1. The van der Waals surface area contributed by atoms with Crippen LogP contribution in [0.15, 0.2) is 42.5 Å². The Bertz CT molecular complexity index is 802. The topological polar surface area (TPSA) is 72.7 Å². The van der Waals surface area contributed by atoms with E-state index in [1.54, 1.807) is 14.1 Å². The van der Waals surface area contributed by atoms with Gasteiger partial charge in [-0.2, -0.15) is 13.2 Å². The molecule has 0 spiro atoms. The van der Waals surface area contributed by atoms with Crippen molar-refractivity contribution in [3.8, 4) is 11.5 Å². The minimum Gasteiger partial charge on any atom is -0.450 e. The van der Waals surface area contributed by atoms with Crippen molar-refractivity contribution in [2.24, 2.45) is 0 Å². The average molecular weight is 354 g/mol. The summed E-state index contributed by atoms with van der Waals surface area (Å²) in [6.07, 6.45) is -4.70. The van der Waals surface area contributed by atoms with Gasteiger partial charge in [-0.05, 0) is 36.4 Å². The third-order valence-corrected chi connectivity index (χ3v) is 3.22. The first kappa shape index (κ1) is 18.2. The molecule has 9 heteroatoms. The molecule has 0 saturated carbocycles. The molecule has 0 atom stereocenters. The Kier molecular flexibility index (Phi) is 4.96. The number of hydrogen-bond donors (Lipinski definition) is 0. The zero-order chi connectivity index (χ0) is 18.8. The first-order valence-electron chi connectivity index (χ1n) is 6.95. The Balaban J connectivity index is 2.31. The standard InChI is InChI=1S/C16H13F3N2O4/c1-20(2)15(22)10-3-6-12(7-4-10)25-14-8-5-11(16(17,18)19)9-13(14)21(23)24/h3-9H,1-2H3. The van der Waals surface area contributed by atoms with Crippen molar-refractivity contribution >= 4 is 11.6 Å². The highest BCUT2D eigenvalue weighted by molar-refractivity contribution is 5.93.